The molecule has 0 fully saturated rings. The molecule has 3 aromatic rings. The predicted octanol–water partition coefficient (Wildman–Crippen LogP) is 6.22. The van der Waals surface area contributed by atoms with Gasteiger partial charge in [-0.15, -0.1) is 6.58 Å². The van der Waals surface area contributed by atoms with Gasteiger partial charge in [0.25, 0.3) is 0 Å². The molecule has 3 rings (SSSR count). The van der Waals surface area contributed by atoms with Gasteiger partial charge in [0.1, 0.15) is 6.61 Å². The number of halogens is 1. The number of allylic oxidation sites excluding steroid dienone is 1. The fourth-order valence-electron chi connectivity index (χ4n) is 3.58. The van der Waals surface area contributed by atoms with Crippen LogP contribution in [-0.2, 0) is 22.6 Å². The number of amides is 2. The number of benzene rings is 3. The van der Waals surface area contributed by atoms with Gasteiger partial charge < -0.3 is 14.8 Å². The number of nitrogens with one attached hydrogen (secondary N) is 2. The third-order valence-electron chi connectivity index (χ3n) is 5.47. The Hall–Kier alpha value is -4.10. The van der Waals surface area contributed by atoms with Crippen molar-refractivity contribution in [1.29, 1.82) is 0 Å². The van der Waals surface area contributed by atoms with Crippen LogP contribution in [0.3, 0.4) is 0 Å². The Morgan fingerprint density at radius 3 is 2.45 bits per heavy atom. The SMILES string of the molecule is C=CCc1cc(C=NNC(=O)CCC(=O)Nc2ccc(C)cc2)cc(OCC)c1OCc1ccccc1Cl. The lowest BCUT2D eigenvalue weighted by molar-refractivity contribution is -0.124. The summed E-state index contributed by atoms with van der Waals surface area (Å²) in [5, 5.41) is 7.46. The lowest BCUT2D eigenvalue weighted by Gasteiger charge is -2.17. The number of carbonyl (C=O) groups is 2. The summed E-state index contributed by atoms with van der Waals surface area (Å²) in [6.07, 6.45) is 3.90. The molecule has 0 heterocycles. The van der Waals surface area contributed by atoms with Crippen LogP contribution in [-0.4, -0.2) is 24.6 Å². The average Bonchev–Trinajstić information content (AvgIpc) is 2.90. The van der Waals surface area contributed by atoms with Gasteiger partial charge >= 0.3 is 0 Å². The molecule has 0 radical (unpaired) electrons. The van der Waals surface area contributed by atoms with Crippen molar-refractivity contribution in [3.63, 3.8) is 0 Å². The van der Waals surface area contributed by atoms with E-state index in [2.05, 4.69) is 22.4 Å². The van der Waals surface area contributed by atoms with E-state index in [0.717, 1.165) is 16.7 Å². The van der Waals surface area contributed by atoms with Crippen molar-refractivity contribution in [2.45, 2.75) is 39.7 Å². The van der Waals surface area contributed by atoms with Gasteiger partial charge in [0, 0.05) is 34.7 Å². The van der Waals surface area contributed by atoms with Crippen LogP contribution in [0.15, 0.2) is 78.4 Å². The van der Waals surface area contributed by atoms with Gasteiger partial charge in [-0.25, -0.2) is 5.43 Å². The van der Waals surface area contributed by atoms with E-state index in [-0.39, 0.29) is 31.3 Å². The first-order valence-electron chi connectivity index (χ1n) is 12.3. The van der Waals surface area contributed by atoms with E-state index in [4.69, 9.17) is 21.1 Å². The minimum atomic E-state index is -0.364. The molecule has 38 heavy (non-hydrogen) atoms. The molecule has 0 saturated carbocycles. The number of nitrogens with zero attached hydrogens (tertiary/aromatic N) is 1. The lowest BCUT2D eigenvalue weighted by Crippen LogP contribution is -2.20. The van der Waals surface area contributed by atoms with Gasteiger partial charge in [0.15, 0.2) is 11.5 Å². The van der Waals surface area contributed by atoms with Gasteiger partial charge in [0.05, 0.1) is 12.8 Å². The van der Waals surface area contributed by atoms with Gasteiger partial charge in [-0.2, -0.15) is 5.10 Å². The van der Waals surface area contributed by atoms with E-state index in [1.807, 2.05) is 68.4 Å². The van der Waals surface area contributed by atoms with Gasteiger partial charge in [-0.05, 0) is 56.2 Å². The number of carbonyl (C=O) groups excluding carboxylic acids is 2. The van der Waals surface area contributed by atoms with E-state index >= 15 is 0 Å². The summed E-state index contributed by atoms with van der Waals surface area (Å²) in [6, 6.07) is 18.7. The van der Waals surface area contributed by atoms with Crippen LogP contribution in [0, 0.1) is 6.92 Å². The number of aryl methyl sites for hydroxylation is 1. The van der Waals surface area contributed by atoms with Crippen molar-refractivity contribution >= 4 is 35.3 Å². The molecule has 0 atom stereocenters. The Morgan fingerprint density at radius 1 is 1.00 bits per heavy atom. The molecule has 0 aliphatic heterocycles. The summed E-state index contributed by atoms with van der Waals surface area (Å²) < 4.78 is 12.0. The summed E-state index contributed by atoms with van der Waals surface area (Å²) in [5.74, 6) is 0.555. The fourth-order valence-corrected chi connectivity index (χ4v) is 3.77. The molecule has 0 unspecified atom stereocenters. The number of rotatable bonds is 13. The Bertz CT molecular complexity index is 1290. The largest absolute Gasteiger partial charge is 0.490 e. The molecule has 0 saturated heterocycles. The van der Waals surface area contributed by atoms with Gasteiger partial charge in [-0.3, -0.25) is 9.59 Å². The van der Waals surface area contributed by atoms with Crippen LogP contribution < -0.4 is 20.2 Å². The quantitative estimate of drug-likeness (QED) is 0.155. The number of ether oxygens (including phenoxy) is 2. The molecular formula is C30H32ClN3O4. The topological polar surface area (TPSA) is 89.0 Å². The van der Waals surface area contributed by atoms with Crippen LogP contribution >= 0.6 is 11.6 Å². The van der Waals surface area contributed by atoms with Gasteiger partial charge in [0.2, 0.25) is 11.8 Å². The molecule has 198 valence electrons. The van der Waals surface area contributed by atoms with Crippen LogP contribution in [0.5, 0.6) is 11.5 Å². The van der Waals surface area contributed by atoms with E-state index in [1.165, 1.54) is 6.21 Å². The third kappa shape index (κ3) is 8.78. The maximum absolute atomic E-state index is 12.2. The normalized spacial score (nSPS) is 10.7. The number of hydrogen-bond acceptors (Lipinski definition) is 5. The molecule has 0 aliphatic carbocycles. The van der Waals surface area contributed by atoms with Crippen molar-refractivity contribution in [2.24, 2.45) is 5.10 Å². The van der Waals surface area contributed by atoms with Gasteiger partial charge in [-0.1, -0.05) is 53.6 Å². The summed E-state index contributed by atoms with van der Waals surface area (Å²) in [6.45, 7) is 8.43. The zero-order chi connectivity index (χ0) is 27.3. The summed E-state index contributed by atoms with van der Waals surface area (Å²) in [5.41, 5.74) is 6.70. The molecule has 3 aromatic carbocycles. The van der Waals surface area contributed by atoms with Crippen LogP contribution in [0.2, 0.25) is 5.02 Å². The third-order valence-corrected chi connectivity index (χ3v) is 5.83. The zero-order valence-corrected chi connectivity index (χ0v) is 22.4. The second-order valence-electron chi connectivity index (χ2n) is 8.52. The molecule has 2 amide bonds. The van der Waals surface area contributed by atoms with Crippen LogP contribution in [0.4, 0.5) is 5.69 Å². The van der Waals surface area contributed by atoms with E-state index in [9.17, 15) is 9.59 Å². The first-order chi connectivity index (χ1) is 18.4. The second-order valence-corrected chi connectivity index (χ2v) is 8.93. The highest BCUT2D eigenvalue weighted by Gasteiger charge is 2.14. The number of anilines is 1. The summed E-state index contributed by atoms with van der Waals surface area (Å²) >= 11 is 6.28. The molecule has 2 N–H and O–H groups in total. The van der Waals surface area contributed by atoms with Crippen molar-refractivity contribution in [3.8, 4) is 11.5 Å². The Balaban J connectivity index is 1.62. The predicted molar refractivity (Wildman–Crippen MR) is 152 cm³/mol. The van der Waals surface area contributed by atoms with E-state index in [1.54, 1.807) is 12.1 Å². The lowest BCUT2D eigenvalue weighted by atomic mass is 10.1. The van der Waals surface area contributed by atoms with Crippen molar-refractivity contribution < 1.29 is 19.1 Å². The monoisotopic (exact) mass is 533 g/mol. The standard InChI is InChI=1S/C30H32ClN3O4/c1-4-8-23-17-22(18-27(37-5-2)30(23)38-20-24-9-6-7-10-26(24)31)19-32-34-29(36)16-15-28(35)33-25-13-11-21(3)12-14-25/h4,6-7,9-14,17-19H,1,5,8,15-16,20H2,2-3H3,(H,33,35)(H,34,36). The minimum Gasteiger partial charge on any atom is -0.490 e. The summed E-state index contributed by atoms with van der Waals surface area (Å²) in [4.78, 5) is 24.3. The molecule has 0 aromatic heterocycles. The average molecular weight is 534 g/mol. The molecule has 7 nitrogen and oxygen atoms in total. The number of hydrazone groups is 1. The molecule has 0 spiro atoms. The molecule has 0 aliphatic rings. The highest BCUT2D eigenvalue weighted by Crippen LogP contribution is 2.34. The highest BCUT2D eigenvalue weighted by molar-refractivity contribution is 6.31. The smallest absolute Gasteiger partial charge is 0.240 e. The van der Waals surface area contributed by atoms with E-state index < -0.39 is 0 Å². The zero-order valence-electron chi connectivity index (χ0n) is 21.6. The Kier molecular flexibility index (Phi) is 10.9. The Labute approximate surface area is 228 Å². The Morgan fingerprint density at radius 2 is 1.74 bits per heavy atom. The minimum absolute atomic E-state index is 0.00969. The van der Waals surface area contributed by atoms with Crippen LogP contribution in [0.1, 0.15) is 42.0 Å². The fraction of sp³-hybridized carbons (Fsp3) is 0.233. The van der Waals surface area contributed by atoms with E-state index in [0.29, 0.717) is 40.8 Å². The first-order valence-corrected chi connectivity index (χ1v) is 12.7. The summed E-state index contributed by atoms with van der Waals surface area (Å²) in [7, 11) is 0. The number of hydrogen-bond donors (Lipinski definition) is 2. The maximum Gasteiger partial charge on any atom is 0.240 e. The maximum atomic E-state index is 12.2. The van der Waals surface area contributed by atoms with Crippen LogP contribution in [0.25, 0.3) is 0 Å². The molecule has 8 heteroatoms. The van der Waals surface area contributed by atoms with Crippen molar-refractivity contribution in [1.82, 2.24) is 5.43 Å². The van der Waals surface area contributed by atoms with Crippen molar-refractivity contribution in [3.05, 3.63) is 101 Å². The first kappa shape index (κ1) is 28.5. The molecular weight excluding hydrogens is 502 g/mol. The molecule has 0 bridgehead atoms. The second kappa shape index (κ2) is 14.6. The highest BCUT2D eigenvalue weighted by atomic mass is 35.5. The van der Waals surface area contributed by atoms with Crippen molar-refractivity contribution in [2.75, 3.05) is 11.9 Å².